The Morgan fingerprint density at radius 2 is 1.88 bits per heavy atom. The average molecular weight is 439 g/mol. The van der Waals surface area contributed by atoms with E-state index in [0.29, 0.717) is 11.6 Å². The maximum Gasteiger partial charge on any atom is 0.275 e. The molecule has 1 saturated carbocycles. The molecule has 7 nitrogen and oxygen atoms in total. The fraction of sp³-hybridized carbons (Fsp3) is 0.391. The Balaban J connectivity index is 1.45. The molecule has 9 heteroatoms. The van der Waals surface area contributed by atoms with Crippen LogP contribution in [0.2, 0.25) is 0 Å². The SMILES string of the molecule is Cc1ccc(-n2nccn2)c(C(=O)N2C3CC(C3)[C@H](C)C2COc2ccc(F)c(F)c2)n1. The van der Waals surface area contributed by atoms with Gasteiger partial charge in [0.05, 0.1) is 18.4 Å². The summed E-state index contributed by atoms with van der Waals surface area (Å²) < 4.78 is 32.7. The number of carbonyl (C=O) groups excluding carboxylic acids is 1. The number of nitrogens with zero attached hydrogens (tertiary/aromatic N) is 5. The maximum atomic E-state index is 13.8. The van der Waals surface area contributed by atoms with Crippen LogP contribution in [-0.4, -0.2) is 49.5 Å². The molecule has 3 aromatic rings. The number of rotatable bonds is 5. The molecule has 6 rings (SSSR count). The summed E-state index contributed by atoms with van der Waals surface area (Å²) in [4.78, 5) is 21.6. The van der Waals surface area contributed by atoms with Gasteiger partial charge in [0, 0.05) is 17.8 Å². The van der Waals surface area contributed by atoms with Crippen LogP contribution in [0.5, 0.6) is 5.75 Å². The fourth-order valence-corrected chi connectivity index (χ4v) is 4.75. The summed E-state index contributed by atoms with van der Waals surface area (Å²) in [5, 5.41) is 8.33. The molecular formula is C23H23F2N5O2. The van der Waals surface area contributed by atoms with Gasteiger partial charge in [0.1, 0.15) is 18.0 Å². The molecule has 3 fully saturated rings. The lowest BCUT2D eigenvalue weighted by molar-refractivity contribution is -0.0673. The molecule has 1 amide bonds. The summed E-state index contributed by atoms with van der Waals surface area (Å²) in [6.07, 6.45) is 4.98. The Hall–Kier alpha value is -3.36. The van der Waals surface area contributed by atoms with Gasteiger partial charge in [-0.3, -0.25) is 4.79 Å². The van der Waals surface area contributed by atoms with Crippen LogP contribution in [-0.2, 0) is 0 Å². The molecular weight excluding hydrogens is 416 g/mol. The van der Waals surface area contributed by atoms with Crippen molar-refractivity contribution < 1.29 is 18.3 Å². The summed E-state index contributed by atoms with van der Waals surface area (Å²) in [7, 11) is 0. The molecule has 1 aromatic carbocycles. The number of hydrogen-bond donors (Lipinski definition) is 0. The highest BCUT2D eigenvalue weighted by atomic mass is 19.2. The van der Waals surface area contributed by atoms with Gasteiger partial charge >= 0.3 is 0 Å². The van der Waals surface area contributed by atoms with Crippen molar-refractivity contribution in [3.63, 3.8) is 0 Å². The summed E-state index contributed by atoms with van der Waals surface area (Å²) in [5.74, 6) is -1.14. The van der Waals surface area contributed by atoms with Gasteiger partial charge in [-0.2, -0.15) is 10.2 Å². The van der Waals surface area contributed by atoms with Crippen molar-refractivity contribution in [2.45, 2.75) is 38.8 Å². The van der Waals surface area contributed by atoms with E-state index < -0.39 is 11.6 Å². The van der Waals surface area contributed by atoms with E-state index in [9.17, 15) is 13.6 Å². The first-order valence-corrected chi connectivity index (χ1v) is 10.7. The summed E-state index contributed by atoms with van der Waals surface area (Å²) in [6.45, 7) is 4.13. The topological polar surface area (TPSA) is 73.1 Å². The predicted octanol–water partition coefficient (Wildman–Crippen LogP) is 3.57. The zero-order valence-corrected chi connectivity index (χ0v) is 17.8. The summed E-state index contributed by atoms with van der Waals surface area (Å²) in [6, 6.07) is 6.95. The van der Waals surface area contributed by atoms with Gasteiger partial charge in [0.25, 0.3) is 5.91 Å². The molecule has 0 N–H and O–H groups in total. The van der Waals surface area contributed by atoms with Crippen molar-refractivity contribution in [2.24, 2.45) is 11.8 Å². The number of benzene rings is 1. The van der Waals surface area contributed by atoms with Gasteiger partial charge in [-0.15, -0.1) is 4.80 Å². The average Bonchev–Trinajstić information content (AvgIpc) is 3.28. The Bertz CT molecular complexity index is 1150. The van der Waals surface area contributed by atoms with Crippen molar-refractivity contribution in [1.82, 2.24) is 24.9 Å². The number of aromatic nitrogens is 4. The van der Waals surface area contributed by atoms with Gasteiger partial charge in [-0.25, -0.2) is 13.8 Å². The highest BCUT2D eigenvalue weighted by Gasteiger charge is 2.51. The van der Waals surface area contributed by atoms with Crippen molar-refractivity contribution in [1.29, 1.82) is 0 Å². The molecule has 3 aliphatic rings. The maximum absolute atomic E-state index is 13.8. The first-order valence-electron chi connectivity index (χ1n) is 10.7. The first-order chi connectivity index (χ1) is 15.4. The van der Waals surface area contributed by atoms with Gasteiger partial charge < -0.3 is 9.64 Å². The van der Waals surface area contributed by atoms with Crippen LogP contribution in [0.1, 0.15) is 35.9 Å². The number of pyridine rings is 1. The van der Waals surface area contributed by atoms with Crippen molar-refractivity contribution >= 4 is 5.91 Å². The van der Waals surface area contributed by atoms with Crippen molar-refractivity contribution in [3.05, 3.63) is 65.7 Å². The smallest absolute Gasteiger partial charge is 0.275 e. The quantitative estimate of drug-likeness (QED) is 0.608. The lowest BCUT2D eigenvalue weighted by Crippen LogP contribution is -2.64. The molecule has 32 heavy (non-hydrogen) atoms. The third-order valence-electron chi connectivity index (χ3n) is 6.65. The highest BCUT2D eigenvalue weighted by molar-refractivity contribution is 5.96. The normalized spacial score (nSPS) is 24.2. The largest absolute Gasteiger partial charge is 0.491 e. The van der Waals surface area contributed by atoms with Crippen molar-refractivity contribution in [2.75, 3.05) is 6.61 Å². The van der Waals surface area contributed by atoms with Crippen LogP contribution in [0.3, 0.4) is 0 Å². The number of piperidine rings is 2. The number of fused-ring (bicyclic) bond motifs is 2. The van der Waals surface area contributed by atoms with Crippen LogP contribution in [0.4, 0.5) is 8.78 Å². The van der Waals surface area contributed by atoms with Gasteiger partial charge in [0.15, 0.2) is 17.3 Å². The van der Waals surface area contributed by atoms with Gasteiger partial charge in [0.2, 0.25) is 0 Å². The van der Waals surface area contributed by atoms with Crippen molar-refractivity contribution in [3.8, 4) is 11.4 Å². The van der Waals surface area contributed by atoms with E-state index in [4.69, 9.17) is 4.74 Å². The lowest BCUT2D eigenvalue weighted by Gasteiger charge is -2.57. The Morgan fingerprint density at radius 3 is 2.59 bits per heavy atom. The molecule has 0 spiro atoms. The van der Waals surface area contributed by atoms with E-state index in [1.165, 1.54) is 10.9 Å². The predicted molar refractivity (Wildman–Crippen MR) is 111 cm³/mol. The van der Waals surface area contributed by atoms with Crippen LogP contribution < -0.4 is 4.74 Å². The number of amides is 1. The molecule has 1 aliphatic carbocycles. The van der Waals surface area contributed by atoms with Gasteiger partial charge in [-0.05, 0) is 55.9 Å². The van der Waals surface area contributed by atoms with E-state index in [2.05, 4.69) is 22.1 Å². The zero-order chi connectivity index (χ0) is 22.4. The second-order valence-electron chi connectivity index (χ2n) is 8.55. The minimum atomic E-state index is -0.963. The van der Waals surface area contributed by atoms with Gasteiger partial charge in [-0.1, -0.05) is 6.92 Å². The summed E-state index contributed by atoms with van der Waals surface area (Å²) in [5.41, 5.74) is 1.52. The Morgan fingerprint density at radius 1 is 1.12 bits per heavy atom. The third kappa shape index (κ3) is 3.51. The van der Waals surface area contributed by atoms with Crippen LogP contribution in [0.15, 0.2) is 42.7 Å². The monoisotopic (exact) mass is 439 g/mol. The first kappa shape index (κ1) is 20.5. The third-order valence-corrected chi connectivity index (χ3v) is 6.65. The van der Waals surface area contributed by atoms with Crippen LogP contribution >= 0.6 is 0 Å². The molecule has 166 valence electrons. The number of hydrogen-bond acceptors (Lipinski definition) is 5. The second kappa shape index (κ2) is 7.96. The summed E-state index contributed by atoms with van der Waals surface area (Å²) >= 11 is 0. The molecule has 2 aliphatic heterocycles. The number of carbonyl (C=O) groups is 1. The Labute approximate surface area is 184 Å². The van der Waals surface area contributed by atoms with E-state index in [-0.39, 0.29) is 42.0 Å². The standard InChI is InChI=1S/C23H23F2N5O2/c1-13-3-6-20(30-26-7-8-27-30)22(28-13)23(31)29-16-9-15(10-16)14(2)21(29)12-32-17-4-5-18(24)19(25)11-17/h3-8,11,14-16,21H,9-10,12H2,1-2H3/t14-,15?,16?,21?/m0/s1. The molecule has 2 atom stereocenters. The molecule has 4 heterocycles. The van der Waals surface area contributed by atoms with E-state index >= 15 is 0 Å². The van der Waals surface area contributed by atoms with E-state index in [1.54, 1.807) is 18.5 Å². The molecule has 2 aromatic heterocycles. The molecule has 0 radical (unpaired) electrons. The molecule has 2 saturated heterocycles. The minimum absolute atomic E-state index is 0.1000. The zero-order valence-electron chi connectivity index (χ0n) is 17.8. The van der Waals surface area contributed by atoms with E-state index in [1.807, 2.05) is 17.9 Å². The van der Waals surface area contributed by atoms with Crippen LogP contribution in [0.25, 0.3) is 5.69 Å². The van der Waals surface area contributed by atoms with E-state index in [0.717, 1.165) is 30.7 Å². The molecule has 2 bridgehead atoms. The number of aryl methyl sites for hydroxylation is 1. The van der Waals surface area contributed by atoms with Crippen LogP contribution in [0, 0.1) is 30.4 Å². The number of ether oxygens (including phenoxy) is 1. The number of halogens is 2. The fourth-order valence-electron chi connectivity index (χ4n) is 4.75. The highest BCUT2D eigenvalue weighted by Crippen LogP contribution is 2.47. The lowest BCUT2D eigenvalue weighted by atomic mass is 9.64. The molecule has 1 unspecified atom stereocenters. The minimum Gasteiger partial charge on any atom is -0.491 e. The Kier molecular flexibility index (Phi) is 5.11. The second-order valence-corrected chi connectivity index (χ2v) is 8.55.